The van der Waals surface area contributed by atoms with Gasteiger partial charge in [0.25, 0.3) is 0 Å². The van der Waals surface area contributed by atoms with Crippen LogP contribution in [-0.4, -0.2) is 29.7 Å². The third-order valence-electron chi connectivity index (χ3n) is 6.43. The van der Waals surface area contributed by atoms with Crippen molar-refractivity contribution in [3.05, 3.63) is 94.1 Å². The Morgan fingerprint density at radius 1 is 0.973 bits per heavy atom. The highest BCUT2D eigenvalue weighted by Gasteiger charge is 2.26. The quantitative estimate of drug-likeness (QED) is 0.304. The van der Waals surface area contributed by atoms with E-state index in [9.17, 15) is 9.90 Å². The maximum absolute atomic E-state index is 13.3. The van der Waals surface area contributed by atoms with Crippen LogP contribution in [0.2, 0.25) is 0 Å². The van der Waals surface area contributed by atoms with Gasteiger partial charge in [0.15, 0.2) is 6.61 Å². The van der Waals surface area contributed by atoms with E-state index in [2.05, 4.69) is 38.1 Å². The molecule has 1 heterocycles. The van der Waals surface area contributed by atoms with Crippen molar-refractivity contribution in [2.24, 2.45) is 0 Å². The molecule has 5 heteroatoms. The summed E-state index contributed by atoms with van der Waals surface area (Å²) in [6, 6.07) is 17.8. The summed E-state index contributed by atoms with van der Waals surface area (Å²) in [4.78, 5) is 13.3. The number of rotatable bonds is 11. The molecule has 0 radical (unpaired) electrons. The van der Waals surface area contributed by atoms with Crippen LogP contribution >= 0.6 is 0 Å². The van der Waals surface area contributed by atoms with Gasteiger partial charge in [-0.3, -0.25) is 4.79 Å². The van der Waals surface area contributed by atoms with Gasteiger partial charge in [-0.1, -0.05) is 49.2 Å². The van der Waals surface area contributed by atoms with E-state index < -0.39 is 5.60 Å². The number of Topliss-reactive ketones (excluding diaryl/α,β-unsaturated/α-hetero) is 1. The molecule has 194 valence electrons. The number of carbonyl (C=O) groups is 1. The average Bonchev–Trinajstić information content (AvgIpc) is 2.88. The molecule has 0 aromatic heterocycles. The fourth-order valence-electron chi connectivity index (χ4n) is 4.38. The lowest BCUT2D eigenvalue weighted by Gasteiger charge is -2.29. The summed E-state index contributed by atoms with van der Waals surface area (Å²) >= 11 is 0. The number of ketones is 1. The van der Waals surface area contributed by atoms with Crippen LogP contribution in [0.3, 0.4) is 0 Å². The van der Waals surface area contributed by atoms with Gasteiger partial charge in [0.05, 0.1) is 24.3 Å². The topological polar surface area (TPSA) is 65.0 Å². The van der Waals surface area contributed by atoms with E-state index >= 15 is 0 Å². The van der Waals surface area contributed by atoms with Crippen LogP contribution in [0.1, 0.15) is 65.4 Å². The molecule has 0 saturated carbocycles. The highest BCUT2D eigenvalue weighted by atomic mass is 16.5. The first-order valence-corrected chi connectivity index (χ1v) is 12.9. The van der Waals surface area contributed by atoms with Crippen molar-refractivity contribution in [3.63, 3.8) is 0 Å². The van der Waals surface area contributed by atoms with Crippen molar-refractivity contribution in [1.82, 2.24) is 0 Å². The summed E-state index contributed by atoms with van der Waals surface area (Å²) < 4.78 is 18.2. The van der Waals surface area contributed by atoms with Crippen LogP contribution in [0.5, 0.6) is 17.2 Å². The molecule has 5 nitrogen and oxygen atoms in total. The van der Waals surface area contributed by atoms with Crippen molar-refractivity contribution in [2.75, 3.05) is 13.2 Å². The normalized spacial score (nSPS) is 13.5. The maximum atomic E-state index is 13.3. The summed E-state index contributed by atoms with van der Waals surface area (Å²) in [7, 11) is 0. The van der Waals surface area contributed by atoms with Crippen LogP contribution in [0, 0.1) is 6.92 Å². The fourth-order valence-corrected chi connectivity index (χ4v) is 4.38. The van der Waals surface area contributed by atoms with E-state index in [-0.39, 0.29) is 19.0 Å². The van der Waals surface area contributed by atoms with Crippen molar-refractivity contribution in [3.8, 4) is 17.2 Å². The zero-order valence-corrected chi connectivity index (χ0v) is 22.2. The van der Waals surface area contributed by atoms with E-state index in [4.69, 9.17) is 14.2 Å². The minimum absolute atomic E-state index is 0.178. The number of carbonyl (C=O) groups excluding carboxylic acids is 1. The predicted octanol–water partition coefficient (Wildman–Crippen LogP) is 6.51. The first kappa shape index (κ1) is 26.5. The third kappa shape index (κ3) is 6.60. The first-order valence-electron chi connectivity index (χ1n) is 12.9. The van der Waals surface area contributed by atoms with Gasteiger partial charge in [0.2, 0.25) is 5.78 Å². The minimum atomic E-state index is -0.439. The zero-order chi connectivity index (χ0) is 26.4. The van der Waals surface area contributed by atoms with E-state index in [0.29, 0.717) is 35.0 Å². The smallest absolute Gasteiger partial charge is 0.203 e. The molecule has 0 amide bonds. The van der Waals surface area contributed by atoms with Crippen LogP contribution < -0.4 is 14.2 Å². The molecule has 1 aliphatic heterocycles. The van der Waals surface area contributed by atoms with E-state index in [1.165, 1.54) is 11.1 Å². The fraction of sp³-hybridized carbons (Fsp3) is 0.344. The lowest BCUT2D eigenvalue weighted by Crippen LogP contribution is -2.27. The Morgan fingerprint density at radius 3 is 2.46 bits per heavy atom. The Bertz CT molecular complexity index is 1270. The van der Waals surface area contributed by atoms with Gasteiger partial charge in [-0.2, -0.15) is 0 Å². The lowest BCUT2D eigenvalue weighted by atomic mass is 9.99. The largest absolute Gasteiger partial charge is 0.492 e. The van der Waals surface area contributed by atoms with Gasteiger partial charge in [-0.15, -0.1) is 0 Å². The third-order valence-corrected chi connectivity index (χ3v) is 6.43. The zero-order valence-electron chi connectivity index (χ0n) is 22.2. The Balaban J connectivity index is 1.51. The summed E-state index contributed by atoms with van der Waals surface area (Å²) in [6.45, 7) is 8.23. The van der Waals surface area contributed by atoms with Gasteiger partial charge in [-0.05, 0) is 74.7 Å². The number of hydrogen-bond donors (Lipinski definition) is 1. The summed E-state index contributed by atoms with van der Waals surface area (Å²) in [5.41, 5.74) is 4.93. The Morgan fingerprint density at radius 2 is 1.73 bits per heavy atom. The number of aliphatic hydroxyl groups excluding tert-OH is 1. The molecule has 3 aromatic rings. The molecule has 4 rings (SSSR count). The number of benzene rings is 3. The highest BCUT2D eigenvalue weighted by molar-refractivity contribution is 6.00. The standard InChI is InChI=1S/C32H36O5/c1-5-6-24-11-13-26(30(19-24)35-18-16-23-9-7-22(2)8-10-23)28(34)21-36-31-25(20-33)12-14-29-27(31)15-17-32(3,4)37-29/h7-15,17,19,33H,5-6,16,18,20-21H2,1-4H3. The van der Waals surface area contributed by atoms with E-state index in [1.807, 2.05) is 50.3 Å². The van der Waals surface area contributed by atoms with E-state index in [1.54, 1.807) is 6.07 Å². The molecule has 0 spiro atoms. The molecule has 0 bridgehead atoms. The lowest BCUT2D eigenvalue weighted by molar-refractivity contribution is 0.0913. The SMILES string of the molecule is CCCc1ccc(C(=O)COc2c(CO)ccc3c2C=CC(C)(C)O3)c(OCCc2ccc(C)cc2)c1. The molecule has 0 atom stereocenters. The van der Waals surface area contributed by atoms with Crippen molar-refractivity contribution < 1.29 is 24.1 Å². The summed E-state index contributed by atoms with van der Waals surface area (Å²) in [6.07, 6.45) is 6.54. The van der Waals surface area contributed by atoms with Crippen molar-refractivity contribution in [2.45, 2.75) is 59.2 Å². The second-order valence-corrected chi connectivity index (χ2v) is 10.0. The molecule has 3 aromatic carbocycles. The van der Waals surface area contributed by atoms with Crippen LogP contribution in [0.4, 0.5) is 0 Å². The molecule has 1 aliphatic rings. The van der Waals surface area contributed by atoms with Gasteiger partial charge in [0, 0.05) is 12.0 Å². The Kier molecular flexibility index (Phi) is 8.34. The van der Waals surface area contributed by atoms with Crippen molar-refractivity contribution >= 4 is 11.9 Å². The second-order valence-electron chi connectivity index (χ2n) is 10.0. The minimum Gasteiger partial charge on any atom is -0.492 e. The number of hydrogen-bond acceptors (Lipinski definition) is 5. The van der Waals surface area contributed by atoms with Crippen LogP contribution in [-0.2, 0) is 19.4 Å². The molecule has 37 heavy (non-hydrogen) atoms. The average molecular weight is 501 g/mol. The first-order chi connectivity index (χ1) is 17.8. The van der Waals surface area contributed by atoms with Crippen LogP contribution in [0.15, 0.2) is 60.7 Å². The molecule has 0 fully saturated rings. The van der Waals surface area contributed by atoms with E-state index in [0.717, 1.165) is 30.4 Å². The molecule has 1 N–H and O–H groups in total. The number of ether oxygens (including phenoxy) is 3. The molecule has 0 aliphatic carbocycles. The second kappa shape index (κ2) is 11.7. The van der Waals surface area contributed by atoms with Gasteiger partial charge < -0.3 is 19.3 Å². The number of aryl methyl sites for hydroxylation is 2. The van der Waals surface area contributed by atoms with Gasteiger partial charge >= 0.3 is 0 Å². The Labute approximate surface area is 219 Å². The molecule has 0 saturated heterocycles. The highest BCUT2D eigenvalue weighted by Crippen LogP contribution is 2.39. The summed E-state index contributed by atoms with van der Waals surface area (Å²) in [5, 5.41) is 9.89. The number of aliphatic hydroxyl groups is 1. The molecular weight excluding hydrogens is 464 g/mol. The molecule has 0 unspecified atom stereocenters. The van der Waals surface area contributed by atoms with Gasteiger partial charge in [-0.25, -0.2) is 0 Å². The maximum Gasteiger partial charge on any atom is 0.203 e. The van der Waals surface area contributed by atoms with Gasteiger partial charge in [0.1, 0.15) is 22.8 Å². The summed E-state index contributed by atoms with van der Waals surface area (Å²) in [5.74, 6) is 1.52. The molecular formula is C32H36O5. The Hall–Kier alpha value is -3.57. The van der Waals surface area contributed by atoms with Crippen LogP contribution in [0.25, 0.3) is 6.08 Å². The monoisotopic (exact) mass is 500 g/mol. The predicted molar refractivity (Wildman–Crippen MR) is 147 cm³/mol. The van der Waals surface area contributed by atoms with Crippen molar-refractivity contribution in [1.29, 1.82) is 0 Å². The number of fused-ring (bicyclic) bond motifs is 1.